The molecule has 1 fully saturated rings. The minimum atomic E-state index is -0.480. The molecule has 3 heteroatoms. The molecule has 0 spiro atoms. The third-order valence-corrected chi connectivity index (χ3v) is 3.82. The van der Waals surface area contributed by atoms with E-state index in [2.05, 4.69) is 24.1 Å². The van der Waals surface area contributed by atoms with Crippen molar-refractivity contribution in [1.29, 1.82) is 0 Å². The second kappa shape index (κ2) is 5.48. The Labute approximate surface area is 100 Å². The van der Waals surface area contributed by atoms with Crippen LogP contribution in [0.4, 0.5) is 0 Å². The normalized spacial score (nSPS) is 31.3. The van der Waals surface area contributed by atoms with Gasteiger partial charge in [0.15, 0.2) is 0 Å². The average molecular weight is 228 g/mol. The first-order valence-corrected chi connectivity index (χ1v) is 6.50. The van der Waals surface area contributed by atoms with Crippen molar-refractivity contribution in [3.63, 3.8) is 0 Å². The molecule has 2 N–H and O–H groups in total. The maximum atomic E-state index is 10.1. The topological polar surface area (TPSA) is 35.5 Å². The summed E-state index contributed by atoms with van der Waals surface area (Å²) >= 11 is 0. The first-order chi connectivity index (χ1) is 7.41. The monoisotopic (exact) mass is 228 g/mol. The minimum absolute atomic E-state index is 0.322. The molecule has 0 aliphatic carbocycles. The lowest BCUT2D eigenvalue weighted by Gasteiger charge is -2.41. The molecule has 1 saturated heterocycles. The molecule has 2 unspecified atom stereocenters. The van der Waals surface area contributed by atoms with Gasteiger partial charge in [0.2, 0.25) is 0 Å². The van der Waals surface area contributed by atoms with Gasteiger partial charge in [-0.3, -0.25) is 4.90 Å². The SMILES string of the molecule is CCC(C)(CNC)CN1CCCC(C)(O)C1. The summed E-state index contributed by atoms with van der Waals surface area (Å²) in [6.07, 6.45) is 3.23. The highest BCUT2D eigenvalue weighted by Crippen LogP contribution is 2.26. The van der Waals surface area contributed by atoms with Gasteiger partial charge in [0, 0.05) is 19.6 Å². The molecule has 0 amide bonds. The molecule has 0 aromatic carbocycles. The van der Waals surface area contributed by atoms with E-state index in [1.54, 1.807) is 0 Å². The Kier molecular flexibility index (Phi) is 4.77. The Morgan fingerprint density at radius 1 is 1.50 bits per heavy atom. The third-order valence-electron chi connectivity index (χ3n) is 3.82. The summed E-state index contributed by atoms with van der Waals surface area (Å²) in [5.41, 5.74) is -0.158. The third kappa shape index (κ3) is 4.04. The van der Waals surface area contributed by atoms with Crippen LogP contribution in [0.25, 0.3) is 0 Å². The van der Waals surface area contributed by atoms with Crippen LogP contribution in [0.3, 0.4) is 0 Å². The Bertz CT molecular complexity index is 218. The van der Waals surface area contributed by atoms with E-state index in [-0.39, 0.29) is 0 Å². The zero-order valence-electron chi connectivity index (χ0n) is 11.3. The van der Waals surface area contributed by atoms with Crippen molar-refractivity contribution in [3.05, 3.63) is 0 Å². The van der Waals surface area contributed by atoms with Crippen LogP contribution in [0.2, 0.25) is 0 Å². The lowest BCUT2D eigenvalue weighted by molar-refractivity contribution is -0.0271. The molecule has 0 bridgehead atoms. The van der Waals surface area contributed by atoms with Crippen molar-refractivity contribution in [2.45, 2.75) is 45.6 Å². The number of nitrogens with one attached hydrogen (secondary N) is 1. The van der Waals surface area contributed by atoms with Gasteiger partial charge < -0.3 is 10.4 Å². The standard InChI is InChI=1S/C13H28N2O/c1-5-12(2,9-14-4)10-15-8-6-7-13(3,16)11-15/h14,16H,5-11H2,1-4H3. The van der Waals surface area contributed by atoms with Gasteiger partial charge in [-0.05, 0) is 45.2 Å². The quantitative estimate of drug-likeness (QED) is 0.748. The average Bonchev–Trinajstić information content (AvgIpc) is 2.16. The zero-order valence-corrected chi connectivity index (χ0v) is 11.3. The summed E-state index contributed by atoms with van der Waals surface area (Å²) in [6.45, 7) is 10.6. The summed E-state index contributed by atoms with van der Waals surface area (Å²) in [5, 5.41) is 13.4. The van der Waals surface area contributed by atoms with Gasteiger partial charge >= 0.3 is 0 Å². The molecule has 1 heterocycles. The Balaban J connectivity index is 2.51. The molecule has 2 atom stereocenters. The highest BCUT2D eigenvalue weighted by molar-refractivity contribution is 4.87. The van der Waals surface area contributed by atoms with Crippen LogP contribution in [0.1, 0.15) is 40.0 Å². The van der Waals surface area contributed by atoms with Crippen LogP contribution < -0.4 is 5.32 Å². The smallest absolute Gasteiger partial charge is 0.0746 e. The van der Waals surface area contributed by atoms with Crippen LogP contribution in [-0.2, 0) is 0 Å². The summed E-state index contributed by atoms with van der Waals surface area (Å²) in [7, 11) is 2.01. The van der Waals surface area contributed by atoms with Crippen LogP contribution >= 0.6 is 0 Å². The van der Waals surface area contributed by atoms with Crippen LogP contribution in [0.15, 0.2) is 0 Å². The fourth-order valence-electron chi connectivity index (χ4n) is 2.72. The van der Waals surface area contributed by atoms with E-state index in [0.717, 1.165) is 39.0 Å². The highest BCUT2D eigenvalue weighted by atomic mass is 16.3. The van der Waals surface area contributed by atoms with Crippen molar-refractivity contribution in [1.82, 2.24) is 10.2 Å². The number of hydrogen-bond donors (Lipinski definition) is 2. The Morgan fingerprint density at radius 3 is 2.69 bits per heavy atom. The van der Waals surface area contributed by atoms with E-state index in [0.29, 0.717) is 5.41 Å². The summed E-state index contributed by atoms with van der Waals surface area (Å²) < 4.78 is 0. The van der Waals surface area contributed by atoms with Crippen molar-refractivity contribution in [2.75, 3.05) is 33.2 Å². The molecule has 1 aliphatic heterocycles. The van der Waals surface area contributed by atoms with E-state index < -0.39 is 5.60 Å². The van der Waals surface area contributed by atoms with Crippen molar-refractivity contribution in [3.8, 4) is 0 Å². The Hall–Kier alpha value is -0.120. The molecule has 0 aromatic heterocycles. The fraction of sp³-hybridized carbons (Fsp3) is 1.00. The predicted octanol–water partition coefficient (Wildman–Crippen LogP) is 1.47. The maximum absolute atomic E-state index is 10.1. The van der Waals surface area contributed by atoms with Gasteiger partial charge in [0.05, 0.1) is 5.60 Å². The van der Waals surface area contributed by atoms with Crippen molar-refractivity contribution >= 4 is 0 Å². The summed E-state index contributed by atoms with van der Waals surface area (Å²) in [5.74, 6) is 0. The van der Waals surface area contributed by atoms with Crippen LogP contribution in [-0.4, -0.2) is 48.8 Å². The molecule has 0 radical (unpaired) electrons. The molecular formula is C13H28N2O. The largest absolute Gasteiger partial charge is 0.389 e. The summed E-state index contributed by atoms with van der Waals surface area (Å²) in [4.78, 5) is 2.42. The maximum Gasteiger partial charge on any atom is 0.0746 e. The van der Waals surface area contributed by atoms with E-state index >= 15 is 0 Å². The molecule has 1 aliphatic rings. The van der Waals surface area contributed by atoms with Gasteiger partial charge in [-0.2, -0.15) is 0 Å². The molecule has 1 rings (SSSR count). The first kappa shape index (κ1) is 13.9. The first-order valence-electron chi connectivity index (χ1n) is 6.50. The second-order valence-corrected chi connectivity index (χ2v) is 6.01. The van der Waals surface area contributed by atoms with Crippen LogP contribution in [0, 0.1) is 5.41 Å². The van der Waals surface area contributed by atoms with Gasteiger partial charge in [0.25, 0.3) is 0 Å². The molecule has 0 aromatic rings. The molecule has 96 valence electrons. The van der Waals surface area contributed by atoms with Crippen molar-refractivity contribution < 1.29 is 5.11 Å². The highest BCUT2D eigenvalue weighted by Gasteiger charge is 2.32. The molecule has 3 nitrogen and oxygen atoms in total. The van der Waals surface area contributed by atoms with E-state index in [4.69, 9.17) is 0 Å². The number of β-amino-alcohol motifs (C(OH)–C–C–N with tert-alkyl or cyclic N) is 1. The van der Waals surface area contributed by atoms with E-state index in [1.165, 1.54) is 6.42 Å². The minimum Gasteiger partial charge on any atom is -0.389 e. The predicted molar refractivity (Wildman–Crippen MR) is 68.6 cm³/mol. The van der Waals surface area contributed by atoms with Gasteiger partial charge in [-0.15, -0.1) is 0 Å². The lowest BCUT2D eigenvalue weighted by atomic mass is 9.85. The molecule has 0 saturated carbocycles. The van der Waals surface area contributed by atoms with Gasteiger partial charge in [-0.1, -0.05) is 13.8 Å². The Morgan fingerprint density at radius 2 is 2.19 bits per heavy atom. The van der Waals surface area contributed by atoms with Crippen molar-refractivity contribution in [2.24, 2.45) is 5.41 Å². The summed E-state index contributed by atoms with van der Waals surface area (Å²) in [6, 6.07) is 0. The number of piperidine rings is 1. The number of nitrogens with zero attached hydrogens (tertiary/aromatic N) is 1. The van der Waals surface area contributed by atoms with Crippen LogP contribution in [0.5, 0.6) is 0 Å². The van der Waals surface area contributed by atoms with E-state index in [9.17, 15) is 5.11 Å². The fourth-order valence-corrected chi connectivity index (χ4v) is 2.72. The molecular weight excluding hydrogens is 200 g/mol. The van der Waals surface area contributed by atoms with E-state index in [1.807, 2.05) is 14.0 Å². The zero-order chi connectivity index (χ0) is 12.2. The van der Waals surface area contributed by atoms with Gasteiger partial charge in [-0.25, -0.2) is 0 Å². The number of aliphatic hydroxyl groups is 1. The molecule has 16 heavy (non-hydrogen) atoms. The van der Waals surface area contributed by atoms with Gasteiger partial charge in [0.1, 0.15) is 0 Å². The number of likely N-dealkylation sites (tertiary alicyclic amines) is 1. The lowest BCUT2D eigenvalue weighted by Crippen LogP contribution is -2.50. The second-order valence-electron chi connectivity index (χ2n) is 6.01. The number of hydrogen-bond acceptors (Lipinski definition) is 3. The number of rotatable bonds is 5.